The summed E-state index contributed by atoms with van der Waals surface area (Å²) in [7, 11) is 0. The molecular formula is C21H25NO. The lowest BCUT2D eigenvalue weighted by atomic mass is 10.0. The first-order valence-corrected chi connectivity index (χ1v) is 8.22. The quantitative estimate of drug-likeness (QED) is 0.557. The van der Waals surface area contributed by atoms with Gasteiger partial charge in [0.2, 0.25) is 0 Å². The fourth-order valence-corrected chi connectivity index (χ4v) is 2.61. The van der Waals surface area contributed by atoms with Gasteiger partial charge in [0.1, 0.15) is 11.2 Å². The Balaban J connectivity index is 0.000000277. The molecule has 1 aromatic heterocycles. The van der Waals surface area contributed by atoms with Gasteiger partial charge in [-0.25, -0.2) is 0 Å². The maximum Gasteiger partial charge on any atom is 0.138 e. The zero-order valence-electron chi connectivity index (χ0n) is 14.2. The molecule has 0 bridgehead atoms. The van der Waals surface area contributed by atoms with Gasteiger partial charge in [-0.15, -0.1) is 0 Å². The lowest BCUT2D eigenvalue weighted by Crippen LogP contribution is -1.93. The number of furan rings is 1. The van der Waals surface area contributed by atoms with E-state index in [1.165, 1.54) is 22.6 Å². The predicted molar refractivity (Wildman–Crippen MR) is 100 cm³/mol. The number of para-hydroxylation sites is 2. The van der Waals surface area contributed by atoms with Crippen LogP contribution in [-0.4, -0.2) is 6.21 Å². The van der Waals surface area contributed by atoms with Gasteiger partial charge in [0.05, 0.1) is 0 Å². The van der Waals surface area contributed by atoms with Gasteiger partial charge in [-0.3, -0.25) is 0 Å². The molecule has 0 aliphatic carbocycles. The number of nitrogens with one attached hydrogen (secondary N) is 1. The lowest BCUT2D eigenvalue weighted by molar-refractivity contribution is 0.623. The second-order valence-corrected chi connectivity index (χ2v) is 5.99. The molecule has 0 radical (unpaired) electrons. The molecule has 2 aromatic carbocycles. The first-order valence-electron chi connectivity index (χ1n) is 8.22. The van der Waals surface area contributed by atoms with E-state index >= 15 is 0 Å². The molecule has 0 saturated carbocycles. The molecule has 120 valence electrons. The van der Waals surface area contributed by atoms with Crippen molar-refractivity contribution in [2.24, 2.45) is 5.92 Å². The van der Waals surface area contributed by atoms with Crippen molar-refractivity contribution in [2.45, 2.75) is 33.6 Å². The van der Waals surface area contributed by atoms with Gasteiger partial charge in [0.25, 0.3) is 0 Å². The highest BCUT2D eigenvalue weighted by molar-refractivity contribution is 6.05. The van der Waals surface area contributed by atoms with Crippen LogP contribution in [0, 0.1) is 11.3 Å². The van der Waals surface area contributed by atoms with E-state index in [1.54, 1.807) is 6.08 Å². The molecule has 2 heteroatoms. The number of allylic oxidation sites excluding steroid dienone is 2. The molecule has 0 amide bonds. The maximum absolute atomic E-state index is 6.49. The Morgan fingerprint density at radius 2 is 1.78 bits per heavy atom. The standard InChI is InChI=1S/C16H16O.C5H9N/c1-11(2)10-12-6-5-8-14-13-7-3-4-9-15(13)17-16(12)14;1-2-3-4-5-6/h3-9,11H,10H2,1-2H3;3-6H,2H2,1H3/b;4-3-,6-5?. The summed E-state index contributed by atoms with van der Waals surface area (Å²) in [5, 5.41) is 8.94. The Labute approximate surface area is 138 Å². The van der Waals surface area contributed by atoms with Crippen LogP contribution in [0.5, 0.6) is 0 Å². The third-order valence-electron chi connectivity index (χ3n) is 3.58. The van der Waals surface area contributed by atoms with Crippen LogP contribution in [0.4, 0.5) is 0 Å². The van der Waals surface area contributed by atoms with Crippen LogP contribution >= 0.6 is 0 Å². The monoisotopic (exact) mass is 307 g/mol. The third kappa shape index (κ3) is 4.32. The molecule has 1 N–H and O–H groups in total. The van der Waals surface area contributed by atoms with Crippen molar-refractivity contribution in [1.82, 2.24) is 0 Å². The topological polar surface area (TPSA) is 37.0 Å². The molecule has 0 aliphatic heterocycles. The van der Waals surface area contributed by atoms with Crippen LogP contribution in [0.1, 0.15) is 32.8 Å². The summed E-state index contributed by atoms with van der Waals surface area (Å²) in [5.41, 5.74) is 3.36. The molecule has 1 heterocycles. The highest BCUT2D eigenvalue weighted by Crippen LogP contribution is 2.31. The van der Waals surface area contributed by atoms with E-state index in [-0.39, 0.29) is 0 Å². The zero-order chi connectivity index (χ0) is 16.7. The number of rotatable bonds is 4. The molecule has 3 rings (SSSR count). The van der Waals surface area contributed by atoms with E-state index in [2.05, 4.69) is 44.2 Å². The molecule has 3 aromatic rings. The van der Waals surface area contributed by atoms with E-state index in [4.69, 9.17) is 9.83 Å². The van der Waals surface area contributed by atoms with Gasteiger partial charge < -0.3 is 9.83 Å². The SMILES string of the molecule is CC(C)Cc1cccc2c1oc1ccccc12.CC/C=C\C=N. The highest BCUT2D eigenvalue weighted by Gasteiger charge is 2.10. The van der Waals surface area contributed by atoms with Crippen LogP contribution in [0.15, 0.2) is 59.0 Å². The smallest absolute Gasteiger partial charge is 0.138 e. The van der Waals surface area contributed by atoms with Crippen molar-refractivity contribution in [1.29, 1.82) is 5.41 Å². The molecule has 2 nitrogen and oxygen atoms in total. The van der Waals surface area contributed by atoms with E-state index in [1.807, 2.05) is 25.1 Å². The highest BCUT2D eigenvalue weighted by atomic mass is 16.3. The van der Waals surface area contributed by atoms with Gasteiger partial charge in [-0.1, -0.05) is 63.2 Å². The summed E-state index contributed by atoms with van der Waals surface area (Å²) >= 11 is 0. The minimum atomic E-state index is 0.647. The Hall–Kier alpha value is -2.35. The van der Waals surface area contributed by atoms with Crippen molar-refractivity contribution in [2.75, 3.05) is 0 Å². The normalized spacial score (nSPS) is 11.1. The molecule has 0 saturated heterocycles. The van der Waals surface area contributed by atoms with Crippen molar-refractivity contribution in [3.05, 3.63) is 60.2 Å². The molecule has 23 heavy (non-hydrogen) atoms. The number of hydrogen-bond donors (Lipinski definition) is 1. The number of benzene rings is 2. The van der Waals surface area contributed by atoms with Gasteiger partial charge in [-0.05, 0) is 36.5 Å². The third-order valence-corrected chi connectivity index (χ3v) is 3.58. The van der Waals surface area contributed by atoms with Crippen molar-refractivity contribution in [3.8, 4) is 0 Å². The fraction of sp³-hybridized carbons (Fsp3) is 0.286. The summed E-state index contributed by atoms with van der Waals surface area (Å²) in [5.74, 6) is 0.647. The van der Waals surface area contributed by atoms with Gasteiger partial charge in [0.15, 0.2) is 0 Å². The largest absolute Gasteiger partial charge is 0.456 e. The summed E-state index contributed by atoms with van der Waals surface area (Å²) in [6.07, 6.45) is 7.03. The minimum Gasteiger partial charge on any atom is -0.456 e. The molecule has 0 unspecified atom stereocenters. The second-order valence-electron chi connectivity index (χ2n) is 5.99. The van der Waals surface area contributed by atoms with Crippen molar-refractivity contribution in [3.63, 3.8) is 0 Å². The first-order chi connectivity index (χ1) is 11.2. The maximum atomic E-state index is 6.49. The van der Waals surface area contributed by atoms with E-state index in [0.717, 1.165) is 24.0 Å². The van der Waals surface area contributed by atoms with E-state index in [0.29, 0.717) is 5.92 Å². The van der Waals surface area contributed by atoms with Gasteiger partial charge >= 0.3 is 0 Å². The Kier molecular flexibility index (Phi) is 6.16. The summed E-state index contributed by atoms with van der Waals surface area (Å²) in [6, 6.07) is 14.7. The predicted octanol–water partition coefficient (Wildman–Crippen LogP) is 6.39. The molecule has 0 spiro atoms. The Bertz CT molecular complexity index is 796. The second kappa shape index (κ2) is 8.33. The number of fused-ring (bicyclic) bond motifs is 3. The average molecular weight is 307 g/mol. The first kappa shape index (κ1) is 17.0. The summed E-state index contributed by atoms with van der Waals surface area (Å²) in [6.45, 7) is 6.52. The van der Waals surface area contributed by atoms with Gasteiger partial charge in [0, 0.05) is 17.0 Å². The molecule has 0 atom stereocenters. The minimum absolute atomic E-state index is 0.647. The Morgan fingerprint density at radius 1 is 1.04 bits per heavy atom. The van der Waals surface area contributed by atoms with Crippen LogP contribution in [-0.2, 0) is 6.42 Å². The summed E-state index contributed by atoms with van der Waals surface area (Å²) in [4.78, 5) is 0. The van der Waals surface area contributed by atoms with Gasteiger partial charge in [-0.2, -0.15) is 0 Å². The fourth-order valence-electron chi connectivity index (χ4n) is 2.61. The molecular weight excluding hydrogens is 282 g/mol. The van der Waals surface area contributed by atoms with Crippen LogP contribution in [0.25, 0.3) is 21.9 Å². The molecule has 0 fully saturated rings. The zero-order valence-corrected chi connectivity index (χ0v) is 14.2. The Morgan fingerprint density at radius 3 is 2.43 bits per heavy atom. The lowest BCUT2D eigenvalue weighted by Gasteiger charge is -2.04. The average Bonchev–Trinajstić information content (AvgIpc) is 2.93. The molecule has 0 aliphatic rings. The summed E-state index contributed by atoms with van der Waals surface area (Å²) < 4.78 is 5.98. The van der Waals surface area contributed by atoms with E-state index in [9.17, 15) is 0 Å². The number of hydrogen-bond acceptors (Lipinski definition) is 2. The van der Waals surface area contributed by atoms with Crippen LogP contribution in [0.3, 0.4) is 0 Å². The van der Waals surface area contributed by atoms with Crippen molar-refractivity contribution >= 4 is 28.2 Å². The van der Waals surface area contributed by atoms with E-state index < -0.39 is 0 Å². The van der Waals surface area contributed by atoms with Crippen LogP contribution in [0.2, 0.25) is 0 Å². The van der Waals surface area contributed by atoms with Crippen LogP contribution < -0.4 is 0 Å². The van der Waals surface area contributed by atoms with Crippen molar-refractivity contribution < 1.29 is 4.42 Å².